The number of nitrogen functional groups attached to an aromatic ring is 1. The summed E-state index contributed by atoms with van der Waals surface area (Å²) in [5.41, 5.74) is 11.3. The van der Waals surface area contributed by atoms with E-state index in [-0.39, 0.29) is 0 Å². The summed E-state index contributed by atoms with van der Waals surface area (Å²) in [5.74, 6) is 0. The highest BCUT2D eigenvalue weighted by atomic mass is 15.2. The van der Waals surface area contributed by atoms with Crippen LogP contribution in [0.5, 0.6) is 0 Å². The van der Waals surface area contributed by atoms with Crippen LogP contribution in [-0.2, 0) is 13.5 Å². The average Bonchev–Trinajstić information content (AvgIpc) is 2.59. The fourth-order valence-electron chi connectivity index (χ4n) is 2.01. The first-order chi connectivity index (χ1) is 7.61. The summed E-state index contributed by atoms with van der Waals surface area (Å²) in [6.45, 7) is 4.20. The van der Waals surface area contributed by atoms with Crippen LogP contribution in [0.25, 0.3) is 11.1 Å². The van der Waals surface area contributed by atoms with Gasteiger partial charge in [0.25, 0.3) is 0 Å². The van der Waals surface area contributed by atoms with E-state index in [1.807, 2.05) is 23.9 Å². The lowest BCUT2D eigenvalue weighted by Crippen LogP contribution is -1.91. The lowest BCUT2D eigenvalue weighted by Gasteiger charge is -2.06. The van der Waals surface area contributed by atoms with Crippen molar-refractivity contribution in [3.8, 4) is 11.1 Å². The molecule has 0 bridgehead atoms. The van der Waals surface area contributed by atoms with Crippen molar-refractivity contribution in [3.05, 3.63) is 35.7 Å². The SMILES string of the molecule is CCc1nn(C)cc1-c1ccc(N)cc1C. The number of rotatable bonds is 2. The van der Waals surface area contributed by atoms with E-state index in [1.165, 1.54) is 16.7 Å². The van der Waals surface area contributed by atoms with Gasteiger partial charge in [0, 0.05) is 24.5 Å². The van der Waals surface area contributed by atoms with Crippen LogP contribution in [-0.4, -0.2) is 9.78 Å². The molecular weight excluding hydrogens is 198 g/mol. The molecule has 0 saturated heterocycles. The van der Waals surface area contributed by atoms with Crippen LogP contribution in [0.2, 0.25) is 0 Å². The molecule has 0 fully saturated rings. The highest BCUT2D eigenvalue weighted by Crippen LogP contribution is 2.27. The van der Waals surface area contributed by atoms with Crippen molar-refractivity contribution in [2.75, 3.05) is 5.73 Å². The molecule has 3 heteroatoms. The number of nitrogens with zero attached hydrogens (tertiary/aromatic N) is 2. The minimum Gasteiger partial charge on any atom is -0.399 e. The highest BCUT2D eigenvalue weighted by molar-refractivity contribution is 5.71. The predicted molar refractivity (Wildman–Crippen MR) is 67.2 cm³/mol. The maximum absolute atomic E-state index is 5.76. The third kappa shape index (κ3) is 1.81. The molecule has 1 heterocycles. The van der Waals surface area contributed by atoms with Gasteiger partial charge in [-0.3, -0.25) is 4.68 Å². The quantitative estimate of drug-likeness (QED) is 0.782. The number of benzene rings is 1. The molecule has 0 spiro atoms. The summed E-state index contributed by atoms with van der Waals surface area (Å²) in [5, 5.41) is 4.45. The number of aromatic nitrogens is 2. The minimum absolute atomic E-state index is 0.809. The van der Waals surface area contributed by atoms with Crippen LogP contribution in [0.15, 0.2) is 24.4 Å². The van der Waals surface area contributed by atoms with E-state index in [1.54, 1.807) is 0 Å². The monoisotopic (exact) mass is 215 g/mol. The van der Waals surface area contributed by atoms with E-state index < -0.39 is 0 Å². The predicted octanol–water partition coefficient (Wildman–Crippen LogP) is 2.54. The summed E-state index contributed by atoms with van der Waals surface area (Å²) in [4.78, 5) is 0. The number of anilines is 1. The lowest BCUT2D eigenvalue weighted by atomic mass is 10.00. The topological polar surface area (TPSA) is 43.8 Å². The maximum atomic E-state index is 5.76. The molecule has 0 radical (unpaired) electrons. The first-order valence-electron chi connectivity index (χ1n) is 5.51. The highest BCUT2D eigenvalue weighted by Gasteiger charge is 2.10. The van der Waals surface area contributed by atoms with Crippen molar-refractivity contribution < 1.29 is 0 Å². The smallest absolute Gasteiger partial charge is 0.0700 e. The Morgan fingerprint density at radius 3 is 2.69 bits per heavy atom. The minimum atomic E-state index is 0.809. The molecule has 0 aliphatic heterocycles. The van der Waals surface area contributed by atoms with E-state index in [9.17, 15) is 0 Å². The van der Waals surface area contributed by atoms with E-state index >= 15 is 0 Å². The number of aryl methyl sites for hydroxylation is 3. The third-order valence-corrected chi connectivity index (χ3v) is 2.78. The Labute approximate surface area is 95.9 Å². The van der Waals surface area contributed by atoms with Gasteiger partial charge in [0.15, 0.2) is 0 Å². The van der Waals surface area contributed by atoms with Crippen LogP contribution in [0.3, 0.4) is 0 Å². The van der Waals surface area contributed by atoms with E-state index in [2.05, 4.69) is 31.2 Å². The average molecular weight is 215 g/mol. The Kier molecular flexibility index (Phi) is 2.69. The van der Waals surface area contributed by atoms with Crippen LogP contribution in [0, 0.1) is 6.92 Å². The van der Waals surface area contributed by atoms with E-state index in [4.69, 9.17) is 5.73 Å². The van der Waals surface area contributed by atoms with Crippen molar-refractivity contribution in [3.63, 3.8) is 0 Å². The fourth-order valence-corrected chi connectivity index (χ4v) is 2.01. The van der Waals surface area contributed by atoms with Crippen molar-refractivity contribution in [2.24, 2.45) is 7.05 Å². The molecule has 3 nitrogen and oxygen atoms in total. The molecule has 2 rings (SSSR count). The van der Waals surface area contributed by atoms with Gasteiger partial charge in [0.2, 0.25) is 0 Å². The maximum Gasteiger partial charge on any atom is 0.0700 e. The Bertz CT molecular complexity index is 512. The van der Waals surface area contributed by atoms with Gasteiger partial charge in [-0.15, -0.1) is 0 Å². The number of hydrogen-bond acceptors (Lipinski definition) is 2. The first-order valence-corrected chi connectivity index (χ1v) is 5.51. The zero-order chi connectivity index (χ0) is 11.7. The van der Waals surface area contributed by atoms with Crippen molar-refractivity contribution >= 4 is 5.69 Å². The second-order valence-electron chi connectivity index (χ2n) is 4.09. The van der Waals surface area contributed by atoms with Crippen molar-refractivity contribution in [1.82, 2.24) is 9.78 Å². The fraction of sp³-hybridized carbons (Fsp3) is 0.308. The van der Waals surface area contributed by atoms with Gasteiger partial charge >= 0.3 is 0 Å². The molecule has 0 atom stereocenters. The zero-order valence-electron chi connectivity index (χ0n) is 9.99. The molecule has 2 aromatic rings. The zero-order valence-corrected chi connectivity index (χ0v) is 9.99. The molecule has 2 N–H and O–H groups in total. The molecule has 84 valence electrons. The van der Waals surface area contributed by atoms with Crippen LogP contribution in [0.1, 0.15) is 18.2 Å². The Morgan fingerprint density at radius 1 is 1.31 bits per heavy atom. The summed E-state index contributed by atoms with van der Waals surface area (Å²) in [7, 11) is 1.95. The molecule has 1 aromatic carbocycles. The molecule has 1 aromatic heterocycles. The molecule has 0 amide bonds. The second-order valence-corrected chi connectivity index (χ2v) is 4.09. The molecule has 0 aliphatic rings. The summed E-state index contributed by atoms with van der Waals surface area (Å²) >= 11 is 0. The second kappa shape index (κ2) is 4.00. The first kappa shape index (κ1) is 10.7. The standard InChI is InChI=1S/C13H17N3/c1-4-13-12(8-16(3)15-13)11-6-5-10(14)7-9(11)2/h5-8H,4,14H2,1-3H3. The van der Waals surface area contributed by atoms with Gasteiger partial charge in [-0.05, 0) is 36.6 Å². The Balaban J connectivity index is 2.57. The molecule has 16 heavy (non-hydrogen) atoms. The summed E-state index contributed by atoms with van der Waals surface area (Å²) in [6, 6.07) is 6.01. The van der Waals surface area contributed by atoms with Crippen LogP contribution < -0.4 is 5.73 Å². The molecular formula is C13H17N3. The summed E-state index contributed by atoms with van der Waals surface area (Å²) in [6.07, 6.45) is 3.01. The summed E-state index contributed by atoms with van der Waals surface area (Å²) < 4.78 is 1.87. The van der Waals surface area contributed by atoms with Gasteiger partial charge in [-0.2, -0.15) is 5.10 Å². The normalized spacial score (nSPS) is 10.7. The number of hydrogen-bond donors (Lipinski definition) is 1. The Morgan fingerprint density at radius 2 is 2.06 bits per heavy atom. The number of nitrogens with two attached hydrogens (primary N) is 1. The van der Waals surface area contributed by atoms with Gasteiger partial charge in [0.1, 0.15) is 0 Å². The van der Waals surface area contributed by atoms with Crippen LogP contribution >= 0.6 is 0 Å². The molecule has 0 saturated carbocycles. The van der Waals surface area contributed by atoms with Gasteiger partial charge in [0.05, 0.1) is 5.69 Å². The Hall–Kier alpha value is -1.77. The largest absolute Gasteiger partial charge is 0.399 e. The molecule has 0 aliphatic carbocycles. The van der Waals surface area contributed by atoms with E-state index in [0.29, 0.717) is 0 Å². The molecule has 0 unspecified atom stereocenters. The van der Waals surface area contributed by atoms with Gasteiger partial charge in [-0.1, -0.05) is 13.0 Å². The lowest BCUT2D eigenvalue weighted by molar-refractivity contribution is 0.746. The van der Waals surface area contributed by atoms with E-state index in [0.717, 1.165) is 17.8 Å². The van der Waals surface area contributed by atoms with Crippen molar-refractivity contribution in [2.45, 2.75) is 20.3 Å². The van der Waals surface area contributed by atoms with Gasteiger partial charge < -0.3 is 5.73 Å². The van der Waals surface area contributed by atoms with Crippen LogP contribution in [0.4, 0.5) is 5.69 Å². The van der Waals surface area contributed by atoms with Gasteiger partial charge in [-0.25, -0.2) is 0 Å². The third-order valence-electron chi connectivity index (χ3n) is 2.78. The van der Waals surface area contributed by atoms with Crippen molar-refractivity contribution in [1.29, 1.82) is 0 Å².